The third-order valence-electron chi connectivity index (χ3n) is 2.08. The van der Waals surface area contributed by atoms with Gasteiger partial charge in [-0.15, -0.1) is 0 Å². The summed E-state index contributed by atoms with van der Waals surface area (Å²) in [5.74, 6) is -0.249. The molecule has 0 heterocycles. The lowest BCUT2D eigenvalue weighted by atomic mass is 9.95. The lowest BCUT2D eigenvalue weighted by Crippen LogP contribution is -2.43. The molecule has 1 atom stereocenters. The van der Waals surface area contributed by atoms with Gasteiger partial charge >= 0.3 is 0 Å². The molecule has 15 heavy (non-hydrogen) atoms. The molecule has 1 unspecified atom stereocenters. The first-order valence-corrected chi connectivity index (χ1v) is 5.46. The molecule has 0 spiro atoms. The molecule has 0 aliphatic rings. The summed E-state index contributed by atoms with van der Waals surface area (Å²) < 4.78 is 18.9. The predicted octanol–water partition coefficient (Wildman–Crippen LogP) is 2.49. The lowest BCUT2D eigenvalue weighted by Gasteiger charge is -2.24. The van der Waals surface area contributed by atoms with Gasteiger partial charge in [-0.25, -0.2) is 4.39 Å². The van der Waals surface area contributed by atoms with Crippen LogP contribution in [0, 0.1) is 5.82 Å². The van der Waals surface area contributed by atoms with Crippen molar-refractivity contribution in [3.63, 3.8) is 0 Å². The number of nitrogens with two attached hydrogens (primary N) is 1. The van der Waals surface area contributed by atoms with Gasteiger partial charge < -0.3 is 10.5 Å². The van der Waals surface area contributed by atoms with Crippen molar-refractivity contribution in [3.8, 4) is 0 Å². The van der Waals surface area contributed by atoms with Crippen LogP contribution in [0.25, 0.3) is 0 Å². The number of hydrogen-bond acceptors (Lipinski definition) is 2. The van der Waals surface area contributed by atoms with E-state index in [2.05, 4.69) is 15.9 Å². The maximum atomic E-state index is 13.0. The van der Waals surface area contributed by atoms with Crippen LogP contribution in [0.3, 0.4) is 0 Å². The zero-order valence-corrected chi connectivity index (χ0v) is 10.5. The van der Waals surface area contributed by atoms with Gasteiger partial charge in [0.15, 0.2) is 0 Å². The zero-order chi connectivity index (χ0) is 11.5. The molecule has 2 N–H and O–H groups in total. The van der Waals surface area contributed by atoms with Crippen LogP contribution < -0.4 is 5.73 Å². The van der Waals surface area contributed by atoms with Crippen LogP contribution in [0.15, 0.2) is 22.7 Å². The van der Waals surface area contributed by atoms with Crippen molar-refractivity contribution in [2.45, 2.75) is 18.9 Å². The second-order valence-electron chi connectivity index (χ2n) is 4.00. The topological polar surface area (TPSA) is 35.2 Å². The molecule has 84 valence electrons. The molecule has 0 aliphatic carbocycles. The Kier molecular flexibility index (Phi) is 4.25. The van der Waals surface area contributed by atoms with Crippen LogP contribution in [0.5, 0.6) is 0 Å². The Hall–Kier alpha value is -0.450. The van der Waals surface area contributed by atoms with E-state index in [4.69, 9.17) is 10.5 Å². The summed E-state index contributed by atoms with van der Waals surface area (Å²) in [5, 5.41) is 0. The molecule has 1 aromatic carbocycles. The largest absolute Gasteiger partial charge is 0.383 e. The Balaban J connectivity index is 2.83. The van der Waals surface area contributed by atoms with Gasteiger partial charge in [0.1, 0.15) is 5.82 Å². The van der Waals surface area contributed by atoms with E-state index in [1.54, 1.807) is 13.2 Å². The summed E-state index contributed by atoms with van der Waals surface area (Å²) in [4.78, 5) is 0. The van der Waals surface area contributed by atoms with E-state index in [-0.39, 0.29) is 5.82 Å². The van der Waals surface area contributed by atoms with E-state index in [0.29, 0.717) is 13.0 Å². The highest BCUT2D eigenvalue weighted by Crippen LogP contribution is 2.21. The molecule has 0 fully saturated rings. The van der Waals surface area contributed by atoms with Crippen molar-refractivity contribution in [1.29, 1.82) is 0 Å². The molecular formula is C11H15BrFNO. The van der Waals surface area contributed by atoms with Crippen molar-refractivity contribution in [1.82, 2.24) is 0 Å². The van der Waals surface area contributed by atoms with Gasteiger partial charge in [0.2, 0.25) is 0 Å². The number of ether oxygens (including phenoxy) is 1. The number of halogens is 2. The first kappa shape index (κ1) is 12.6. The average molecular weight is 276 g/mol. The molecule has 4 heteroatoms. The molecule has 2 nitrogen and oxygen atoms in total. The Morgan fingerprint density at radius 2 is 2.20 bits per heavy atom. The molecule has 0 radical (unpaired) electrons. The van der Waals surface area contributed by atoms with Crippen LogP contribution in [-0.4, -0.2) is 19.3 Å². The number of methoxy groups -OCH3 is 1. The fourth-order valence-corrected chi connectivity index (χ4v) is 1.88. The highest BCUT2D eigenvalue weighted by Gasteiger charge is 2.20. The minimum Gasteiger partial charge on any atom is -0.383 e. The average Bonchev–Trinajstić information content (AvgIpc) is 2.10. The van der Waals surface area contributed by atoms with Crippen molar-refractivity contribution in [2.24, 2.45) is 5.73 Å². The monoisotopic (exact) mass is 275 g/mol. The maximum absolute atomic E-state index is 13.0. The smallest absolute Gasteiger partial charge is 0.123 e. The van der Waals surface area contributed by atoms with Gasteiger partial charge in [-0.2, -0.15) is 0 Å². The molecule has 0 aliphatic heterocycles. The van der Waals surface area contributed by atoms with E-state index in [1.165, 1.54) is 12.1 Å². The third kappa shape index (κ3) is 3.89. The summed E-state index contributed by atoms with van der Waals surface area (Å²) in [7, 11) is 1.60. The van der Waals surface area contributed by atoms with Gasteiger partial charge in [0, 0.05) is 17.1 Å². The SMILES string of the molecule is COCC(C)(N)Cc1cc(F)ccc1Br. The molecule has 0 saturated heterocycles. The Morgan fingerprint density at radius 1 is 1.53 bits per heavy atom. The Morgan fingerprint density at radius 3 is 2.80 bits per heavy atom. The van der Waals surface area contributed by atoms with Crippen LogP contribution >= 0.6 is 15.9 Å². The van der Waals surface area contributed by atoms with Crippen LogP contribution in [0.1, 0.15) is 12.5 Å². The fraction of sp³-hybridized carbons (Fsp3) is 0.455. The van der Waals surface area contributed by atoms with Gasteiger partial charge in [-0.05, 0) is 37.1 Å². The highest BCUT2D eigenvalue weighted by molar-refractivity contribution is 9.10. The Bertz CT molecular complexity index is 341. The molecule has 1 rings (SSSR count). The molecule has 0 saturated carbocycles. The van der Waals surface area contributed by atoms with Gasteiger partial charge in [0.25, 0.3) is 0 Å². The number of rotatable bonds is 4. The van der Waals surface area contributed by atoms with Crippen molar-refractivity contribution in [3.05, 3.63) is 34.1 Å². The van der Waals surface area contributed by atoms with Crippen molar-refractivity contribution in [2.75, 3.05) is 13.7 Å². The maximum Gasteiger partial charge on any atom is 0.123 e. The zero-order valence-electron chi connectivity index (χ0n) is 8.89. The van der Waals surface area contributed by atoms with Gasteiger partial charge in [-0.3, -0.25) is 0 Å². The second-order valence-corrected chi connectivity index (χ2v) is 4.85. The normalized spacial score (nSPS) is 15.0. The predicted molar refractivity (Wildman–Crippen MR) is 62.3 cm³/mol. The van der Waals surface area contributed by atoms with E-state index in [0.717, 1.165) is 10.0 Å². The van der Waals surface area contributed by atoms with Crippen molar-refractivity contribution < 1.29 is 9.13 Å². The van der Waals surface area contributed by atoms with Crippen LogP contribution in [-0.2, 0) is 11.2 Å². The lowest BCUT2D eigenvalue weighted by molar-refractivity contribution is 0.141. The minimum atomic E-state index is -0.481. The summed E-state index contributed by atoms with van der Waals surface area (Å²) in [6.07, 6.45) is 0.569. The summed E-state index contributed by atoms with van der Waals surface area (Å²) in [5.41, 5.74) is 6.39. The standard InChI is InChI=1S/C11H15BrFNO/c1-11(14,7-15-2)6-8-5-9(13)3-4-10(8)12/h3-5H,6-7,14H2,1-2H3. The number of benzene rings is 1. The highest BCUT2D eigenvalue weighted by atomic mass is 79.9. The molecule has 1 aromatic rings. The minimum absolute atomic E-state index is 0.249. The summed E-state index contributed by atoms with van der Waals surface area (Å²) in [6.45, 7) is 2.32. The first-order valence-electron chi connectivity index (χ1n) is 4.66. The second kappa shape index (κ2) is 5.05. The molecule has 0 bridgehead atoms. The number of hydrogen-bond donors (Lipinski definition) is 1. The fourth-order valence-electron chi connectivity index (χ4n) is 1.49. The van der Waals surface area contributed by atoms with Crippen LogP contribution in [0.4, 0.5) is 4.39 Å². The molecule has 0 amide bonds. The van der Waals surface area contributed by atoms with Gasteiger partial charge in [-0.1, -0.05) is 15.9 Å². The van der Waals surface area contributed by atoms with E-state index in [1.807, 2.05) is 6.92 Å². The van der Waals surface area contributed by atoms with Crippen molar-refractivity contribution >= 4 is 15.9 Å². The summed E-state index contributed by atoms with van der Waals surface area (Å²) in [6, 6.07) is 4.59. The van der Waals surface area contributed by atoms with Crippen LogP contribution in [0.2, 0.25) is 0 Å². The third-order valence-corrected chi connectivity index (χ3v) is 2.85. The van der Waals surface area contributed by atoms with E-state index in [9.17, 15) is 4.39 Å². The van der Waals surface area contributed by atoms with E-state index < -0.39 is 5.54 Å². The summed E-state index contributed by atoms with van der Waals surface area (Å²) >= 11 is 3.37. The molecular weight excluding hydrogens is 261 g/mol. The molecule has 0 aromatic heterocycles. The quantitative estimate of drug-likeness (QED) is 0.917. The Labute approximate surface area is 97.7 Å². The van der Waals surface area contributed by atoms with Gasteiger partial charge in [0.05, 0.1) is 6.61 Å². The van der Waals surface area contributed by atoms with E-state index >= 15 is 0 Å². The first-order chi connectivity index (χ1) is 6.94.